The van der Waals surface area contributed by atoms with E-state index >= 15 is 0 Å². The number of hydrogen-bond acceptors (Lipinski definition) is 8. The van der Waals surface area contributed by atoms with E-state index in [0.29, 0.717) is 9.60 Å². The lowest BCUT2D eigenvalue weighted by atomic mass is 10.3. The van der Waals surface area contributed by atoms with Gasteiger partial charge in [0.25, 0.3) is 5.91 Å². The summed E-state index contributed by atoms with van der Waals surface area (Å²) in [6, 6.07) is 3.17. The molecule has 3 aromatic heterocycles. The van der Waals surface area contributed by atoms with Gasteiger partial charge >= 0.3 is 5.63 Å². The molecule has 3 aromatic rings. The Bertz CT molecular complexity index is 965. The van der Waals surface area contributed by atoms with Crippen LogP contribution in [0.5, 0.6) is 5.75 Å². The number of hydrogen-bond donors (Lipinski definition) is 1. The number of methoxy groups -OCH3 is 1. The van der Waals surface area contributed by atoms with Gasteiger partial charge in [0.1, 0.15) is 0 Å². The molecule has 0 aliphatic rings. The summed E-state index contributed by atoms with van der Waals surface area (Å²) >= 11 is 4.28. The van der Waals surface area contributed by atoms with E-state index in [1.807, 2.05) is 26.8 Å². The number of anilines is 1. The number of nitrogens with zero attached hydrogens (tertiary/aromatic N) is 4. The molecule has 1 amide bonds. The number of ether oxygens (including phenoxy) is 1. The van der Waals surface area contributed by atoms with Crippen molar-refractivity contribution in [1.29, 1.82) is 0 Å². The Morgan fingerprint density at radius 1 is 1.38 bits per heavy atom. The van der Waals surface area contributed by atoms with Crippen LogP contribution in [0.4, 0.5) is 5.13 Å². The first-order valence-corrected chi connectivity index (χ1v) is 9.14. The predicted octanol–water partition coefficient (Wildman–Crippen LogP) is 3.04. The molecule has 0 aromatic carbocycles. The number of aryl methyl sites for hydroxylation is 1. The maximum absolute atomic E-state index is 12.2. The third kappa shape index (κ3) is 4.17. The lowest BCUT2D eigenvalue weighted by Crippen LogP contribution is -2.15. The van der Waals surface area contributed by atoms with Crippen molar-refractivity contribution < 1.29 is 13.9 Å². The highest BCUT2D eigenvalue weighted by Gasteiger charge is 2.18. The molecule has 0 saturated heterocycles. The zero-order valence-electron chi connectivity index (χ0n) is 14.4. The molecule has 0 aliphatic heterocycles. The smallest absolute Gasteiger partial charge is 0.380 e. The van der Waals surface area contributed by atoms with Crippen molar-refractivity contribution in [3.63, 3.8) is 0 Å². The van der Waals surface area contributed by atoms with E-state index < -0.39 is 11.5 Å². The highest BCUT2D eigenvalue weighted by Crippen LogP contribution is 2.23. The quantitative estimate of drug-likeness (QED) is 0.661. The third-order valence-electron chi connectivity index (χ3n) is 2.94. The van der Waals surface area contributed by atoms with Crippen molar-refractivity contribution in [2.24, 2.45) is 0 Å². The molecule has 0 radical (unpaired) electrons. The fraction of sp³-hybridized carbons (Fsp3) is 0.267. The summed E-state index contributed by atoms with van der Waals surface area (Å²) in [6.07, 6.45) is 1.64. The van der Waals surface area contributed by atoms with Crippen molar-refractivity contribution in [2.45, 2.75) is 20.8 Å². The minimum Gasteiger partial charge on any atom is -0.489 e. The first kappa shape index (κ1) is 19.8. The van der Waals surface area contributed by atoms with Crippen LogP contribution in [0.25, 0.3) is 5.13 Å². The molecule has 0 spiro atoms. The van der Waals surface area contributed by atoms with Crippen molar-refractivity contribution in [2.75, 3.05) is 12.4 Å². The van der Waals surface area contributed by atoms with Gasteiger partial charge in [0.05, 0.1) is 11.6 Å². The van der Waals surface area contributed by atoms with Gasteiger partial charge in [-0.05, 0) is 28.9 Å². The number of carbonyl (C=O) groups excluding carboxylic acids is 1. The van der Waals surface area contributed by atoms with Crippen LogP contribution in [0.1, 0.15) is 30.1 Å². The number of aromatic nitrogens is 4. The van der Waals surface area contributed by atoms with E-state index in [0.717, 1.165) is 17.0 Å². The van der Waals surface area contributed by atoms with Crippen molar-refractivity contribution >= 4 is 38.3 Å². The van der Waals surface area contributed by atoms with E-state index in [1.54, 1.807) is 10.9 Å². The Kier molecular flexibility index (Phi) is 6.64. The van der Waals surface area contributed by atoms with Crippen LogP contribution in [-0.2, 0) is 0 Å². The van der Waals surface area contributed by atoms with Crippen molar-refractivity contribution in [3.05, 3.63) is 44.7 Å². The SMILES string of the molecule is CC.COc1c(Br)cc(C(=O)Nc2nnc(-n3nccc3C)s2)oc1=O. The Hall–Kier alpha value is -2.53. The average Bonchev–Trinajstić information content (AvgIpc) is 3.25. The van der Waals surface area contributed by atoms with Crippen molar-refractivity contribution in [1.82, 2.24) is 20.0 Å². The Labute approximate surface area is 161 Å². The molecule has 0 saturated carbocycles. The topological polar surface area (TPSA) is 112 Å². The molecular weight excluding hydrogens is 426 g/mol. The van der Waals surface area contributed by atoms with Gasteiger partial charge in [-0.15, -0.1) is 10.2 Å². The fourth-order valence-electron chi connectivity index (χ4n) is 1.83. The Morgan fingerprint density at radius 3 is 2.69 bits per heavy atom. The second-order valence-corrected chi connectivity index (χ2v) is 6.32. The summed E-state index contributed by atoms with van der Waals surface area (Å²) < 4.78 is 11.7. The third-order valence-corrected chi connectivity index (χ3v) is 4.34. The zero-order valence-corrected chi connectivity index (χ0v) is 16.8. The van der Waals surface area contributed by atoms with Gasteiger partial charge in [0.2, 0.25) is 16.0 Å². The largest absolute Gasteiger partial charge is 0.489 e. The molecule has 11 heteroatoms. The number of carbonyl (C=O) groups is 1. The molecule has 0 atom stereocenters. The minimum atomic E-state index is -0.762. The Morgan fingerprint density at radius 2 is 2.12 bits per heavy atom. The highest BCUT2D eigenvalue weighted by molar-refractivity contribution is 9.10. The zero-order chi connectivity index (χ0) is 19.3. The fourth-order valence-corrected chi connectivity index (χ4v) is 3.12. The maximum atomic E-state index is 12.2. The van der Waals surface area contributed by atoms with E-state index in [1.165, 1.54) is 13.2 Å². The molecule has 0 fully saturated rings. The Balaban J connectivity index is 0.00000117. The van der Waals surface area contributed by atoms with Gasteiger partial charge in [-0.3, -0.25) is 10.1 Å². The summed E-state index contributed by atoms with van der Waals surface area (Å²) in [7, 11) is 1.33. The summed E-state index contributed by atoms with van der Waals surface area (Å²) in [5.74, 6) is -0.825. The molecule has 3 rings (SSSR count). The predicted molar refractivity (Wildman–Crippen MR) is 100 cm³/mol. The van der Waals surface area contributed by atoms with Crippen LogP contribution in [0.15, 0.2) is 32.0 Å². The molecule has 9 nitrogen and oxygen atoms in total. The van der Waals surface area contributed by atoms with E-state index in [9.17, 15) is 9.59 Å². The number of rotatable bonds is 4. The second-order valence-electron chi connectivity index (χ2n) is 4.51. The number of amides is 1. The van der Waals surface area contributed by atoms with E-state index in [-0.39, 0.29) is 16.6 Å². The highest BCUT2D eigenvalue weighted by atomic mass is 79.9. The monoisotopic (exact) mass is 441 g/mol. The lowest BCUT2D eigenvalue weighted by molar-refractivity contribution is 0.0991. The summed E-state index contributed by atoms with van der Waals surface area (Å²) in [4.78, 5) is 23.9. The summed E-state index contributed by atoms with van der Waals surface area (Å²) in [5, 5.41) is 15.2. The van der Waals surface area contributed by atoms with Crippen molar-refractivity contribution in [3.8, 4) is 10.9 Å². The van der Waals surface area contributed by atoms with Crippen LogP contribution in [0.3, 0.4) is 0 Å². The molecule has 0 bridgehead atoms. The molecular formula is C15H16BrN5O4S. The molecule has 0 aliphatic carbocycles. The summed E-state index contributed by atoms with van der Waals surface area (Å²) in [5.41, 5.74) is 0.122. The molecule has 1 N–H and O–H groups in total. The van der Waals surface area contributed by atoms with Crippen LogP contribution >= 0.6 is 27.3 Å². The summed E-state index contributed by atoms with van der Waals surface area (Å²) in [6.45, 7) is 5.87. The maximum Gasteiger partial charge on any atom is 0.380 e. The first-order valence-electron chi connectivity index (χ1n) is 7.53. The molecule has 26 heavy (non-hydrogen) atoms. The second kappa shape index (κ2) is 8.72. The van der Waals surface area contributed by atoms with Gasteiger partial charge in [-0.1, -0.05) is 25.2 Å². The number of halogens is 1. The molecule has 3 heterocycles. The molecule has 138 valence electrons. The number of nitrogens with one attached hydrogen (secondary N) is 1. The van der Waals surface area contributed by atoms with Gasteiger partial charge in [0, 0.05) is 18.0 Å². The van der Waals surface area contributed by atoms with Crippen LogP contribution < -0.4 is 15.7 Å². The van der Waals surface area contributed by atoms with Gasteiger partial charge < -0.3 is 9.15 Å². The van der Waals surface area contributed by atoms with Gasteiger partial charge in [-0.2, -0.15) is 5.10 Å². The average molecular weight is 442 g/mol. The molecule has 0 unspecified atom stereocenters. The van der Waals surface area contributed by atoms with E-state index in [4.69, 9.17) is 9.15 Å². The van der Waals surface area contributed by atoms with Crippen LogP contribution in [0.2, 0.25) is 0 Å². The first-order chi connectivity index (χ1) is 12.5. The van der Waals surface area contributed by atoms with E-state index in [2.05, 4.69) is 36.5 Å². The van der Waals surface area contributed by atoms with Crippen LogP contribution in [0, 0.1) is 6.92 Å². The lowest BCUT2D eigenvalue weighted by Gasteiger charge is -2.03. The van der Waals surface area contributed by atoms with Gasteiger partial charge in [0.15, 0.2) is 5.76 Å². The normalized spacial score (nSPS) is 10.0. The van der Waals surface area contributed by atoms with Crippen LogP contribution in [-0.4, -0.2) is 33.0 Å². The minimum absolute atomic E-state index is 0.0149. The standard InChI is InChI=1S/C13H10BrN5O4S.C2H6/c1-6-3-4-15-19(6)13-18-17-12(24-13)16-10(20)8-5-7(14)9(22-2)11(21)23-8;1-2/h3-5H,1-2H3,(H,16,17,20);1-2H3. The van der Waals surface area contributed by atoms with Gasteiger partial charge in [-0.25, -0.2) is 9.48 Å².